The quantitative estimate of drug-likeness (QED) is 0.277. The molecule has 11 nitrogen and oxygen atoms in total. The lowest BCUT2D eigenvalue weighted by Crippen LogP contribution is -2.46. The molecule has 0 unspecified atom stereocenters. The number of ether oxygens (including phenoxy) is 3. The van der Waals surface area contributed by atoms with Crippen molar-refractivity contribution in [1.29, 1.82) is 0 Å². The lowest BCUT2D eigenvalue weighted by atomic mass is 9.86. The van der Waals surface area contributed by atoms with E-state index in [2.05, 4.69) is 5.16 Å². The van der Waals surface area contributed by atoms with Crippen LogP contribution in [0.5, 0.6) is 5.75 Å². The van der Waals surface area contributed by atoms with Crippen molar-refractivity contribution in [3.63, 3.8) is 0 Å². The molecule has 12 heteroatoms. The summed E-state index contributed by atoms with van der Waals surface area (Å²) in [6, 6.07) is 3.29. The maximum atomic E-state index is 15.7. The van der Waals surface area contributed by atoms with Crippen molar-refractivity contribution in [3.05, 3.63) is 40.3 Å². The van der Waals surface area contributed by atoms with E-state index in [1.165, 1.54) is 6.07 Å². The third kappa shape index (κ3) is 5.65. The molecule has 3 aromatic heterocycles. The number of aromatic nitrogens is 4. The summed E-state index contributed by atoms with van der Waals surface area (Å²) in [6.45, 7) is 14.8. The van der Waals surface area contributed by atoms with Crippen LogP contribution in [0, 0.1) is 19.7 Å². The molecule has 6 rings (SSSR count). The van der Waals surface area contributed by atoms with Crippen LogP contribution in [0.3, 0.4) is 0 Å². The van der Waals surface area contributed by atoms with E-state index < -0.39 is 23.5 Å². The van der Waals surface area contributed by atoms with Gasteiger partial charge in [0.05, 0.1) is 24.4 Å². The highest BCUT2D eigenvalue weighted by Crippen LogP contribution is 2.45. The first kappa shape index (κ1) is 31.0. The average Bonchev–Trinajstić information content (AvgIpc) is 3.57. The SMILES string of the molecule is Cc1nc2c(cc(-c3nc(N4C[C@@H](C)O[C@@H](C)C4)no3)n2C)c(-c2cc(F)c3c(c2C)CCCO3)c1[C@H](OC(C)(C)C)C(=O)O. The zero-order chi connectivity index (χ0) is 32.4. The number of carboxylic acids is 1. The van der Waals surface area contributed by atoms with Crippen LogP contribution < -0.4 is 9.64 Å². The van der Waals surface area contributed by atoms with Gasteiger partial charge in [0.15, 0.2) is 17.7 Å². The fraction of sp³-hybridized carbons (Fsp3) is 0.515. The minimum Gasteiger partial charge on any atom is -0.490 e. The Labute approximate surface area is 261 Å². The highest BCUT2D eigenvalue weighted by Gasteiger charge is 2.35. The molecule has 0 amide bonds. The molecule has 0 spiro atoms. The smallest absolute Gasteiger partial charge is 0.337 e. The van der Waals surface area contributed by atoms with Gasteiger partial charge in [0.1, 0.15) is 11.3 Å². The van der Waals surface area contributed by atoms with E-state index in [-0.39, 0.29) is 23.8 Å². The molecule has 0 saturated carbocycles. The number of benzene rings is 1. The minimum atomic E-state index is -1.37. The van der Waals surface area contributed by atoms with Crippen LogP contribution in [0.2, 0.25) is 0 Å². The van der Waals surface area contributed by atoms with E-state index in [1.54, 1.807) is 27.7 Å². The van der Waals surface area contributed by atoms with Gasteiger partial charge in [-0.3, -0.25) is 0 Å². The highest BCUT2D eigenvalue weighted by molar-refractivity contribution is 6.01. The third-order valence-electron chi connectivity index (χ3n) is 8.40. The van der Waals surface area contributed by atoms with Crippen LogP contribution >= 0.6 is 0 Å². The fourth-order valence-corrected chi connectivity index (χ4v) is 6.57. The van der Waals surface area contributed by atoms with Crippen molar-refractivity contribution in [3.8, 4) is 28.5 Å². The van der Waals surface area contributed by atoms with Gasteiger partial charge < -0.3 is 33.3 Å². The molecule has 45 heavy (non-hydrogen) atoms. The van der Waals surface area contributed by atoms with Gasteiger partial charge in [-0.05, 0) is 89.7 Å². The monoisotopic (exact) mass is 621 g/mol. The minimum absolute atomic E-state index is 0.0182. The van der Waals surface area contributed by atoms with Gasteiger partial charge in [-0.15, -0.1) is 0 Å². The Kier molecular flexibility index (Phi) is 7.85. The number of nitrogens with zero attached hydrogens (tertiary/aromatic N) is 5. The van der Waals surface area contributed by atoms with E-state index in [9.17, 15) is 9.90 Å². The zero-order valence-electron chi connectivity index (χ0n) is 27.0. The normalized spacial score (nSPS) is 19.4. The van der Waals surface area contributed by atoms with E-state index >= 15 is 4.39 Å². The molecule has 1 N–H and O–H groups in total. The van der Waals surface area contributed by atoms with Gasteiger partial charge in [-0.1, -0.05) is 0 Å². The van der Waals surface area contributed by atoms with Crippen LogP contribution in [-0.4, -0.2) is 68.3 Å². The van der Waals surface area contributed by atoms with Gasteiger partial charge in [-0.2, -0.15) is 4.98 Å². The summed E-state index contributed by atoms with van der Waals surface area (Å²) in [6.07, 6.45) is 0.0817. The molecular weight excluding hydrogens is 581 g/mol. The number of morpholine rings is 1. The van der Waals surface area contributed by atoms with Gasteiger partial charge in [-0.25, -0.2) is 14.2 Å². The van der Waals surface area contributed by atoms with Crippen molar-refractivity contribution < 1.29 is 33.0 Å². The summed E-state index contributed by atoms with van der Waals surface area (Å²) in [5.41, 5.74) is 3.88. The lowest BCUT2D eigenvalue weighted by molar-refractivity contribution is -0.160. The van der Waals surface area contributed by atoms with Gasteiger partial charge in [0.2, 0.25) is 0 Å². The maximum Gasteiger partial charge on any atom is 0.337 e. The van der Waals surface area contributed by atoms with E-state index in [1.807, 2.05) is 43.4 Å². The maximum absolute atomic E-state index is 15.7. The Morgan fingerprint density at radius 3 is 2.53 bits per heavy atom. The van der Waals surface area contributed by atoms with Crippen LogP contribution in [0.15, 0.2) is 16.7 Å². The Balaban J connectivity index is 1.59. The summed E-state index contributed by atoms with van der Waals surface area (Å²) in [7, 11) is 1.84. The standard InChI is InChI=1S/C33H40FN5O6/c1-16-14-39(15-17(2)43-16)32-36-30(45-37-32)24-13-22-26(21-12-23(34)27-20(18(21)3)10-9-11-42-27)25(19(4)35-29(22)38(24)8)28(31(40)41)44-33(5,6)7/h12-13,16-17,28H,9-11,14-15H2,1-8H3,(H,40,41)/t16-,17+,28-/m0/s1. The molecule has 2 aliphatic heterocycles. The van der Waals surface area contributed by atoms with Gasteiger partial charge in [0.25, 0.3) is 11.8 Å². The van der Waals surface area contributed by atoms with Crippen molar-refractivity contribution in [2.75, 3.05) is 24.6 Å². The van der Waals surface area contributed by atoms with Crippen molar-refractivity contribution >= 4 is 23.0 Å². The summed E-state index contributed by atoms with van der Waals surface area (Å²) in [5, 5.41) is 15.4. The number of aryl methyl sites for hydroxylation is 2. The first-order chi connectivity index (χ1) is 21.2. The number of fused-ring (bicyclic) bond motifs is 2. The zero-order valence-corrected chi connectivity index (χ0v) is 27.0. The number of halogens is 1. The van der Waals surface area contributed by atoms with Crippen molar-refractivity contribution in [2.24, 2.45) is 7.05 Å². The molecule has 1 saturated heterocycles. The molecule has 4 aromatic rings. The van der Waals surface area contributed by atoms with Gasteiger partial charge >= 0.3 is 5.97 Å². The summed E-state index contributed by atoms with van der Waals surface area (Å²) in [5.74, 6) is -0.661. The lowest BCUT2D eigenvalue weighted by Gasteiger charge is -2.34. The molecule has 3 atom stereocenters. The largest absolute Gasteiger partial charge is 0.490 e. The second kappa shape index (κ2) is 11.4. The summed E-state index contributed by atoms with van der Waals surface area (Å²) in [4.78, 5) is 24.5. The second-order valence-corrected chi connectivity index (χ2v) is 13.1. The molecule has 0 radical (unpaired) electrons. The van der Waals surface area contributed by atoms with Crippen molar-refractivity contribution in [1.82, 2.24) is 19.7 Å². The molecule has 240 valence electrons. The number of hydrogen-bond acceptors (Lipinski definition) is 9. The van der Waals surface area contributed by atoms with Crippen molar-refractivity contribution in [2.45, 2.75) is 85.2 Å². The van der Waals surface area contributed by atoms with E-state index in [0.29, 0.717) is 71.2 Å². The molecular formula is C33H40FN5O6. The third-order valence-corrected chi connectivity index (χ3v) is 8.40. The Morgan fingerprint density at radius 2 is 1.87 bits per heavy atom. The molecule has 0 bridgehead atoms. The number of hydrogen-bond donors (Lipinski definition) is 1. The van der Waals surface area contributed by atoms with Crippen LogP contribution in [-0.2, 0) is 27.7 Å². The number of carbonyl (C=O) groups is 1. The number of carboxylic acid groups (broad SMARTS) is 1. The fourth-order valence-electron chi connectivity index (χ4n) is 6.57. The number of anilines is 1. The first-order valence-corrected chi connectivity index (χ1v) is 15.3. The number of pyridine rings is 1. The van der Waals surface area contributed by atoms with Gasteiger partial charge in [0, 0.05) is 47.9 Å². The van der Waals surface area contributed by atoms with E-state index in [0.717, 1.165) is 17.5 Å². The Hall–Kier alpha value is -4.03. The summed E-state index contributed by atoms with van der Waals surface area (Å²) < 4.78 is 41.0. The summed E-state index contributed by atoms with van der Waals surface area (Å²) >= 11 is 0. The second-order valence-electron chi connectivity index (χ2n) is 13.1. The first-order valence-electron chi connectivity index (χ1n) is 15.3. The average molecular weight is 622 g/mol. The number of rotatable bonds is 6. The molecule has 0 aliphatic carbocycles. The Morgan fingerprint density at radius 1 is 1.16 bits per heavy atom. The molecule has 1 fully saturated rings. The molecule has 2 aliphatic rings. The van der Waals surface area contributed by atoms with E-state index in [4.69, 9.17) is 28.7 Å². The molecule has 5 heterocycles. The van der Waals surface area contributed by atoms with Crippen LogP contribution in [0.25, 0.3) is 33.7 Å². The van der Waals surface area contributed by atoms with Crippen LogP contribution in [0.1, 0.15) is 69.5 Å². The molecule has 1 aromatic carbocycles. The topological polar surface area (TPSA) is 125 Å². The van der Waals surface area contributed by atoms with Crippen LogP contribution in [0.4, 0.5) is 10.3 Å². The Bertz CT molecular complexity index is 1780. The number of aliphatic carboxylic acids is 1. The predicted molar refractivity (Wildman–Crippen MR) is 166 cm³/mol. The highest BCUT2D eigenvalue weighted by atomic mass is 19.1. The predicted octanol–water partition coefficient (Wildman–Crippen LogP) is 5.93.